The van der Waals surface area contributed by atoms with Crippen LogP contribution < -0.4 is 4.90 Å². The number of rotatable bonds is 7. The molecule has 1 aliphatic carbocycles. The summed E-state index contributed by atoms with van der Waals surface area (Å²) >= 11 is 0. The molecule has 1 amide bonds. The first-order valence-corrected chi connectivity index (χ1v) is 11.4. The lowest BCUT2D eigenvalue weighted by Gasteiger charge is -2.41. The van der Waals surface area contributed by atoms with Gasteiger partial charge in [0, 0.05) is 44.3 Å². The Morgan fingerprint density at radius 1 is 1.21 bits per heavy atom. The highest BCUT2D eigenvalue weighted by Gasteiger charge is 2.35. The fraction of sp³-hybridized carbons (Fsp3) is 0.480. The molecule has 2 fully saturated rings. The molecule has 176 valence electrons. The molecule has 1 aromatic carbocycles. The molecule has 1 aliphatic heterocycles. The summed E-state index contributed by atoms with van der Waals surface area (Å²) < 4.78 is 18.6. The molecule has 4 rings (SSSR count). The molecular formula is C25H30FN3O4. The molecule has 1 saturated carbocycles. The van der Waals surface area contributed by atoms with Gasteiger partial charge in [0.1, 0.15) is 17.2 Å². The number of hydrogen-bond acceptors (Lipinski definition) is 5. The van der Waals surface area contributed by atoms with Gasteiger partial charge in [-0.15, -0.1) is 0 Å². The number of carboxylic acids is 1. The summed E-state index contributed by atoms with van der Waals surface area (Å²) in [5, 5.41) is 10.1. The molecule has 7 nitrogen and oxygen atoms in total. The summed E-state index contributed by atoms with van der Waals surface area (Å²) in [7, 11) is 1.57. The normalized spacial score (nSPS) is 18.5. The molecule has 8 heteroatoms. The number of carbonyl (C=O) groups excluding carboxylic acids is 1. The first kappa shape index (κ1) is 23.2. The second-order valence-electron chi connectivity index (χ2n) is 8.91. The summed E-state index contributed by atoms with van der Waals surface area (Å²) in [5.74, 6) is -0.591. The van der Waals surface area contributed by atoms with E-state index in [1.54, 1.807) is 19.2 Å². The number of amides is 1. The van der Waals surface area contributed by atoms with Crippen molar-refractivity contribution in [1.29, 1.82) is 0 Å². The van der Waals surface area contributed by atoms with Crippen LogP contribution in [0.1, 0.15) is 53.7 Å². The van der Waals surface area contributed by atoms with Crippen molar-refractivity contribution in [1.82, 2.24) is 9.88 Å². The number of aromatic nitrogens is 1. The molecule has 2 aromatic rings. The highest BCUT2D eigenvalue weighted by atomic mass is 19.1. The van der Waals surface area contributed by atoms with Gasteiger partial charge in [-0.3, -0.25) is 4.79 Å². The Kier molecular flexibility index (Phi) is 6.65. The average molecular weight is 456 g/mol. The van der Waals surface area contributed by atoms with Gasteiger partial charge in [-0.2, -0.15) is 0 Å². The number of anilines is 1. The van der Waals surface area contributed by atoms with Gasteiger partial charge in [0.25, 0.3) is 0 Å². The second kappa shape index (κ2) is 9.47. The number of carboxylic acid groups (broad SMARTS) is 1. The molecule has 0 bridgehead atoms. The van der Waals surface area contributed by atoms with Crippen molar-refractivity contribution in [2.24, 2.45) is 0 Å². The Bertz CT molecular complexity index is 1050. The molecule has 1 saturated heterocycles. The van der Waals surface area contributed by atoms with Gasteiger partial charge in [-0.05, 0) is 49.9 Å². The zero-order chi connectivity index (χ0) is 23.7. The Balaban J connectivity index is 1.71. The summed E-state index contributed by atoms with van der Waals surface area (Å²) in [6.07, 6.45) is 2.34. The van der Waals surface area contributed by atoms with E-state index >= 15 is 0 Å². The van der Waals surface area contributed by atoms with Crippen LogP contribution in [-0.4, -0.2) is 66.3 Å². The molecule has 2 heterocycles. The molecule has 1 unspecified atom stereocenters. The third-order valence-corrected chi connectivity index (χ3v) is 6.53. The Hall–Kier alpha value is -3.00. The number of pyridine rings is 1. The van der Waals surface area contributed by atoms with E-state index in [1.807, 2.05) is 23.6 Å². The van der Waals surface area contributed by atoms with E-state index in [0.717, 1.165) is 29.7 Å². The van der Waals surface area contributed by atoms with Crippen LogP contribution in [0.5, 0.6) is 0 Å². The maximum Gasteiger partial charge on any atom is 0.339 e. The molecule has 1 N–H and O–H groups in total. The van der Waals surface area contributed by atoms with Crippen LogP contribution >= 0.6 is 0 Å². The first-order chi connectivity index (χ1) is 15.8. The second-order valence-corrected chi connectivity index (χ2v) is 8.91. The van der Waals surface area contributed by atoms with Gasteiger partial charge < -0.3 is 19.6 Å². The van der Waals surface area contributed by atoms with Crippen LogP contribution in [0.25, 0.3) is 11.1 Å². The van der Waals surface area contributed by atoms with E-state index in [4.69, 9.17) is 9.72 Å². The van der Waals surface area contributed by atoms with Crippen molar-refractivity contribution >= 4 is 17.7 Å². The topological polar surface area (TPSA) is 83.0 Å². The third kappa shape index (κ3) is 4.71. The Morgan fingerprint density at radius 2 is 1.91 bits per heavy atom. The van der Waals surface area contributed by atoms with E-state index in [2.05, 4.69) is 0 Å². The Labute approximate surface area is 193 Å². The van der Waals surface area contributed by atoms with E-state index < -0.39 is 5.97 Å². The lowest BCUT2D eigenvalue weighted by Crippen LogP contribution is -2.54. The monoisotopic (exact) mass is 455 g/mol. The van der Waals surface area contributed by atoms with Crippen LogP contribution in [-0.2, 0) is 9.53 Å². The number of methoxy groups -OCH3 is 1. The van der Waals surface area contributed by atoms with Crippen LogP contribution in [0.3, 0.4) is 0 Å². The molecular weight excluding hydrogens is 425 g/mol. The van der Waals surface area contributed by atoms with Gasteiger partial charge in [0.15, 0.2) is 0 Å². The van der Waals surface area contributed by atoms with Crippen LogP contribution in [0.15, 0.2) is 24.3 Å². The van der Waals surface area contributed by atoms with Crippen LogP contribution in [0.4, 0.5) is 10.2 Å². The summed E-state index contributed by atoms with van der Waals surface area (Å²) in [4.78, 5) is 33.6. The van der Waals surface area contributed by atoms with Crippen molar-refractivity contribution in [2.75, 3.05) is 38.3 Å². The maximum absolute atomic E-state index is 13.5. The van der Waals surface area contributed by atoms with E-state index in [1.165, 1.54) is 12.1 Å². The average Bonchev–Trinajstić information content (AvgIpc) is 3.62. The molecule has 1 aromatic heterocycles. The number of hydrogen-bond donors (Lipinski definition) is 1. The highest BCUT2D eigenvalue weighted by molar-refractivity contribution is 5.98. The van der Waals surface area contributed by atoms with Crippen molar-refractivity contribution in [2.45, 2.75) is 45.1 Å². The number of carbonyl (C=O) groups is 2. The van der Waals surface area contributed by atoms with Crippen molar-refractivity contribution in [3.8, 4) is 11.1 Å². The summed E-state index contributed by atoms with van der Waals surface area (Å²) in [6, 6.07) is 6.07. The number of nitrogens with zero attached hydrogens (tertiary/aromatic N) is 3. The fourth-order valence-corrected chi connectivity index (χ4v) is 4.68. The SMILES string of the molecule is COCCC(=O)N1CCN(c2nc(C3CC3)c(-c3ccc(F)cc3)c(C)c2C(=O)O)CC1C. The molecule has 1 atom stereocenters. The first-order valence-electron chi connectivity index (χ1n) is 11.4. The number of halogens is 1. The maximum atomic E-state index is 13.5. The Morgan fingerprint density at radius 3 is 2.48 bits per heavy atom. The third-order valence-electron chi connectivity index (χ3n) is 6.53. The minimum absolute atomic E-state index is 0.0388. The minimum atomic E-state index is -1.04. The van der Waals surface area contributed by atoms with Crippen molar-refractivity contribution < 1.29 is 23.8 Å². The molecule has 0 spiro atoms. The van der Waals surface area contributed by atoms with Crippen LogP contribution in [0.2, 0.25) is 0 Å². The minimum Gasteiger partial charge on any atom is -0.478 e. The number of benzene rings is 1. The zero-order valence-corrected chi connectivity index (χ0v) is 19.3. The highest BCUT2D eigenvalue weighted by Crippen LogP contribution is 2.46. The molecule has 2 aliphatic rings. The lowest BCUT2D eigenvalue weighted by molar-refractivity contribution is -0.134. The summed E-state index contributed by atoms with van der Waals surface area (Å²) in [6.45, 7) is 5.68. The standard InChI is InChI=1S/C25H30FN3O4/c1-15-14-28(11-12-29(15)20(30)10-13-33-3)24-22(25(31)32)16(2)21(23(27-24)18-4-5-18)17-6-8-19(26)9-7-17/h6-9,15,18H,4-5,10-14H2,1-3H3,(H,31,32). The van der Waals surface area contributed by atoms with Crippen molar-refractivity contribution in [3.05, 3.63) is 46.9 Å². The number of aromatic carboxylic acids is 1. The van der Waals surface area contributed by atoms with Crippen molar-refractivity contribution in [3.63, 3.8) is 0 Å². The predicted octanol–water partition coefficient (Wildman–Crippen LogP) is 3.85. The van der Waals surface area contributed by atoms with Gasteiger partial charge in [-0.1, -0.05) is 12.1 Å². The lowest BCUT2D eigenvalue weighted by atomic mass is 9.93. The van der Waals surface area contributed by atoms with Gasteiger partial charge in [0.05, 0.1) is 18.7 Å². The van der Waals surface area contributed by atoms with Crippen LogP contribution in [0, 0.1) is 12.7 Å². The molecule has 0 radical (unpaired) electrons. The van der Waals surface area contributed by atoms with Gasteiger partial charge in [-0.25, -0.2) is 14.2 Å². The van der Waals surface area contributed by atoms with Gasteiger partial charge in [0.2, 0.25) is 5.91 Å². The summed E-state index contributed by atoms with van der Waals surface area (Å²) in [5.41, 5.74) is 3.27. The predicted molar refractivity (Wildman–Crippen MR) is 123 cm³/mol. The largest absolute Gasteiger partial charge is 0.478 e. The number of ether oxygens (including phenoxy) is 1. The zero-order valence-electron chi connectivity index (χ0n) is 19.3. The smallest absolute Gasteiger partial charge is 0.339 e. The fourth-order valence-electron chi connectivity index (χ4n) is 4.68. The van der Waals surface area contributed by atoms with E-state index in [9.17, 15) is 19.1 Å². The quantitative estimate of drug-likeness (QED) is 0.683. The number of piperazine rings is 1. The van der Waals surface area contributed by atoms with E-state index in [0.29, 0.717) is 44.0 Å². The van der Waals surface area contributed by atoms with Gasteiger partial charge >= 0.3 is 5.97 Å². The van der Waals surface area contributed by atoms with E-state index in [-0.39, 0.29) is 29.2 Å². The molecule has 33 heavy (non-hydrogen) atoms.